The van der Waals surface area contributed by atoms with E-state index in [9.17, 15) is 4.79 Å². The lowest BCUT2D eigenvalue weighted by Gasteiger charge is -2.07. The molecule has 0 radical (unpaired) electrons. The third-order valence-corrected chi connectivity index (χ3v) is 3.04. The zero-order valence-electron chi connectivity index (χ0n) is 10.6. The number of benzene rings is 3. The van der Waals surface area contributed by atoms with Crippen LogP contribution in [0.2, 0.25) is 0 Å². The first kappa shape index (κ1) is 12.2. The molecule has 0 fully saturated rings. The summed E-state index contributed by atoms with van der Waals surface area (Å²) in [6, 6.07) is 20.1. The lowest BCUT2D eigenvalue weighted by Crippen LogP contribution is -1.95. The fourth-order valence-corrected chi connectivity index (χ4v) is 2.05. The van der Waals surface area contributed by atoms with E-state index in [4.69, 9.17) is 9.84 Å². The fraction of sp³-hybridized carbons (Fsp3) is 0. The number of para-hydroxylation sites is 1. The van der Waals surface area contributed by atoms with Crippen LogP contribution in [0.3, 0.4) is 0 Å². The summed E-state index contributed by atoms with van der Waals surface area (Å²) in [6.45, 7) is 0. The summed E-state index contributed by atoms with van der Waals surface area (Å²) in [5.74, 6) is 0.508. The van der Waals surface area contributed by atoms with Crippen LogP contribution >= 0.6 is 0 Å². The molecule has 0 saturated carbocycles. The largest absolute Gasteiger partial charge is 0.478 e. The van der Waals surface area contributed by atoms with Crippen LogP contribution in [-0.2, 0) is 0 Å². The first-order valence-corrected chi connectivity index (χ1v) is 6.22. The van der Waals surface area contributed by atoms with Gasteiger partial charge in [0.2, 0.25) is 0 Å². The van der Waals surface area contributed by atoms with Gasteiger partial charge in [0.25, 0.3) is 0 Å². The van der Waals surface area contributed by atoms with Crippen LogP contribution < -0.4 is 4.74 Å². The number of carboxylic acids is 1. The summed E-state index contributed by atoms with van der Waals surface area (Å²) >= 11 is 0. The fourth-order valence-electron chi connectivity index (χ4n) is 2.05. The highest BCUT2D eigenvalue weighted by atomic mass is 16.5. The standard InChI is InChI=1S/C17H12O3/c18-17(19)13-7-6-12-8-9-16(11-14(12)10-13)20-15-4-2-1-3-5-15/h1-11H,(H,18,19). The Hall–Kier alpha value is -2.81. The molecule has 0 amide bonds. The minimum atomic E-state index is -0.929. The zero-order valence-corrected chi connectivity index (χ0v) is 10.6. The van der Waals surface area contributed by atoms with Crippen molar-refractivity contribution in [2.75, 3.05) is 0 Å². The van der Waals surface area contributed by atoms with Crippen molar-refractivity contribution >= 4 is 16.7 Å². The van der Waals surface area contributed by atoms with Crippen molar-refractivity contribution in [1.82, 2.24) is 0 Å². The van der Waals surface area contributed by atoms with Crippen molar-refractivity contribution < 1.29 is 14.6 Å². The van der Waals surface area contributed by atoms with Crippen molar-refractivity contribution in [3.8, 4) is 11.5 Å². The third-order valence-electron chi connectivity index (χ3n) is 3.04. The topological polar surface area (TPSA) is 46.5 Å². The zero-order chi connectivity index (χ0) is 13.9. The number of hydrogen-bond donors (Lipinski definition) is 1. The number of rotatable bonds is 3. The molecule has 0 aliphatic carbocycles. The molecule has 3 aromatic carbocycles. The number of ether oxygens (including phenoxy) is 1. The van der Waals surface area contributed by atoms with Crippen molar-refractivity contribution in [3.05, 3.63) is 72.3 Å². The Balaban J connectivity index is 1.99. The Bertz CT molecular complexity index is 764. The van der Waals surface area contributed by atoms with Crippen LogP contribution in [0.15, 0.2) is 66.7 Å². The van der Waals surface area contributed by atoms with Gasteiger partial charge in [-0.1, -0.05) is 30.3 Å². The Morgan fingerprint density at radius 1 is 0.800 bits per heavy atom. The van der Waals surface area contributed by atoms with E-state index in [2.05, 4.69) is 0 Å². The summed E-state index contributed by atoms with van der Waals surface area (Å²) in [5, 5.41) is 10.8. The molecule has 3 heteroatoms. The maximum Gasteiger partial charge on any atom is 0.335 e. The predicted molar refractivity (Wildman–Crippen MR) is 77.4 cm³/mol. The molecule has 3 rings (SSSR count). The van der Waals surface area contributed by atoms with Gasteiger partial charge in [-0.3, -0.25) is 0 Å². The molecule has 0 bridgehead atoms. The summed E-state index contributed by atoms with van der Waals surface area (Å²) in [6.07, 6.45) is 0. The number of aromatic carboxylic acids is 1. The first-order valence-electron chi connectivity index (χ1n) is 6.22. The third kappa shape index (κ3) is 2.47. The summed E-state index contributed by atoms with van der Waals surface area (Å²) in [4.78, 5) is 11.0. The first-order chi connectivity index (χ1) is 9.72. The lowest BCUT2D eigenvalue weighted by atomic mass is 10.1. The summed E-state index contributed by atoms with van der Waals surface area (Å²) < 4.78 is 5.74. The van der Waals surface area contributed by atoms with E-state index in [-0.39, 0.29) is 5.56 Å². The average molecular weight is 264 g/mol. The Morgan fingerprint density at radius 3 is 2.30 bits per heavy atom. The van der Waals surface area contributed by atoms with Crippen LogP contribution in [0.5, 0.6) is 11.5 Å². The minimum absolute atomic E-state index is 0.273. The Kier molecular flexibility index (Phi) is 3.09. The van der Waals surface area contributed by atoms with Gasteiger partial charge in [0.1, 0.15) is 11.5 Å². The molecule has 3 aromatic rings. The van der Waals surface area contributed by atoms with Gasteiger partial charge in [0, 0.05) is 0 Å². The quantitative estimate of drug-likeness (QED) is 0.765. The lowest BCUT2D eigenvalue weighted by molar-refractivity contribution is 0.0697. The highest BCUT2D eigenvalue weighted by Crippen LogP contribution is 2.26. The highest BCUT2D eigenvalue weighted by Gasteiger charge is 2.05. The maximum atomic E-state index is 11.0. The molecule has 0 saturated heterocycles. The van der Waals surface area contributed by atoms with E-state index in [0.29, 0.717) is 5.75 Å². The number of carboxylic acid groups (broad SMARTS) is 1. The SMILES string of the molecule is O=C(O)c1ccc2ccc(Oc3ccccc3)cc2c1. The van der Waals surface area contributed by atoms with E-state index >= 15 is 0 Å². The second-order valence-corrected chi connectivity index (χ2v) is 4.44. The number of carbonyl (C=O) groups is 1. The number of fused-ring (bicyclic) bond motifs is 1. The van der Waals surface area contributed by atoms with Crippen molar-refractivity contribution in [2.24, 2.45) is 0 Å². The summed E-state index contributed by atoms with van der Waals surface area (Å²) in [7, 11) is 0. The normalized spacial score (nSPS) is 10.4. The monoisotopic (exact) mass is 264 g/mol. The molecule has 20 heavy (non-hydrogen) atoms. The molecule has 0 aliphatic rings. The molecule has 0 spiro atoms. The molecule has 0 aromatic heterocycles. The van der Waals surface area contributed by atoms with Crippen LogP contribution in [0.1, 0.15) is 10.4 Å². The van der Waals surface area contributed by atoms with Gasteiger partial charge in [-0.05, 0) is 47.2 Å². The molecule has 0 atom stereocenters. The van der Waals surface area contributed by atoms with Crippen molar-refractivity contribution in [2.45, 2.75) is 0 Å². The van der Waals surface area contributed by atoms with E-state index in [1.54, 1.807) is 18.2 Å². The minimum Gasteiger partial charge on any atom is -0.478 e. The van der Waals surface area contributed by atoms with Crippen molar-refractivity contribution in [1.29, 1.82) is 0 Å². The van der Waals surface area contributed by atoms with Gasteiger partial charge >= 0.3 is 5.97 Å². The second kappa shape index (κ2) is 5.05. The van der Waals surface area contributed by atoms with Crippen molar-refractivity contribution in [3.63, 3.8) is 0 Å². The van der Waals surface area contributed by atoms with Crippen LogP contribution in [0.25, 0.3) is 10.8 Å². The van der Waals surface area contributed by atoms with Crippen LogP contribution in [-0.4, -0.2) is 11.1 Å². The summed E-state index contributed by atoms with van der Waals surface area (Å²) in [5.41, 5.74) is 0.273. The average Bonchev–Trinajstić information content (AvgIpc) is 2.47. The van der Waals surface area contributed by atoms with E-state index in [0.717, 1.165) is 16.5 Å². The molecule has 1 N–H and O–H groups in total. The maximum absolute atomic E-state index is 11.0. The van der Waals surface area contributed by atoms with Gasteiger partial charge in [-0.25, -0.2) is 4.79 Å². The van der Waals surface area contributed by atoms with E-state index in [1.165, 1.54) is 0 Å². The van der Waals surface area contributed by atoms with Crippen LogP contribution in [0, 0.1) is 0 Å². The number of hydrogen-bond acceptors (Lipinski definition) is 2. The molecule has 3 nitrogen and oxygen atoms in total. The van der Waals surface area contributed by atoms with Gasteiger partial charge < -0.3 is 9.84 Å². The van der Waals surface area contributed by atoms with Gasteiger partial charge in [-0.15, -0.1) is 0 Å². The Morgan fingerprint density at radius 2 is 1.55 bits per heavy atom. The Labute approximate surface area is 116 Å². The smallest absolute Gasteiger partial charge is 0.335 e. The van der Waals surface area contributed by atoms with Crippen LogP contribution in [0.4, 0.5) is 0 Å². The molecular weight excluding hydrogens is 252 g/mol. The van der Waals surface area contributed by atoms with Gasteiger partial charge in [0.15, 0.2) is 0 Å². The van der Waals surface area contributed by atoms with Gasteiger partial charge in [0.05, 0.1) is 5.56 Å². The van der Waals surface area contributed by atoms with Gasteiger partial charge in [-0.2, -0.15) is 0 Å². The van der Waals surface area contributed by atoms with E-state index < -0.39 is 5.97 Å². The second-order valence-electron chi connectivity index (χ2n) is 4.44. The highest BCUT2D eigenvalue weighted by molar-refractivity contribution is 5.94. The van der Waals surface area contributed by atoms with E-state index in [1.807, 2.05) is 48.5 Å². The predicted octanol–water partition coefficient (Wildman–Crippen LogP) is 4.33. The molecule has 0 unspecified atom stereocenters. The molecule has 0 heterocycles. The molecule has 98 valence electrons. The molecular formula is C17H12O3. The molecule has 0 aliphatic heterocycles.